The first-order chi connectivity index (χ1) is 11.1. The average molecular weight is 347 g/mol. The van der Waals surface area contributed by atoms with Crippen LogP contribution < -0.4 is 5.32 Å². The summed E-state index contributed by atoms with van der Waals surface area (Å²) in [6.07, 6.45) is 1.33. The molecule has 6 heteroatoms. The van der Waals surface area contributed by atoms with Crippen LogP contribution in [0.25, 0.3) is 11.5 Å². The SMILES string of the molecule is O=C(NCc1c(Cl)cccc1Cl)c1coc(-c2ccccc2)n1. The third kappa shape index (κ3) is 3.55. The summed E-state index contributed by atoms with van der Waals surface area (Å²) in [6.45, 7) is 0.213. The highest BCUT2D eigenvalue weighted by Gasteiger charge is 2.14. The zero-order valence-corrected chi connectivity index (χ0v) is 13.4. The lowest BCUT2D eigenvalue weighted by Gasteiger charge is -2.07. The predicted octanol–water partition coefficient (Wildman–Crippen LogP) is 4.58. The smallest absolute Gasteiger partial charge is 0.273 e. The maximum Gasteiger partial charge on any atom is 0.273 e. The van der Waals surface area contributed by atoms with Crippen LogP contribution in [0.1, 0.15) is 16.1 Å². The van der Waals surface area contributed by atoms with Gasteiger partial charge >= 0.3 is 0 Å². The van der Waals surface area contributed by atoms with Gasteiger partial charge in [0.25, 0.3) is 5.91 Å². The Hall–Kier alpha value is -2.30. The van der Waals surface area contributed by atoms with Crippen LogP contribution in [-0.2, 0) is 6.54 Å². The minimum atomic E-state index is -0.355. The quantitative estimate of drug-likeness (QED) is 0.752. The Morgan fingerprint density at radius 1 is 1.04 bits per heavy atom. The number of hydrogen-bond acceptors (Lipinski definition) is 3. The van der Waals surface area contributed by atoms with E-state index >= 15 is 0 Å². The molecule has 0 bridgehead atoms. The summed E-state index contributed by atoms with van der Waals surface area (Å²) in [7, 11) is 0. The van der Waals surface area contributed by atoms with E-state index < -0.39 is 0 Å². The normalized spacial score (nSPS) is 10.5. The molecule has 23 heavy (non-hydrogen) atoms. The summed E-state index contributed by atoms with van der Waals surface area (Å²) in [5, 5.41) is 3.74. The highest BCUT2D eigenvalue weighted by Crippen LogP contribution is 2.24. The maximum atomic E-state index is 12.2. The van der Waals surface area contributed by atoms with Gasteiger partial charge in [-0.05, 0) is 24.3 Å². The average Bonchev–Trinajstić information content (AvgIpc) is 3.05. The Kier molecular flexibility index (Phi) is 4.65. The van der Waals surface area contributed by atoms with Crippen LogP contribution in [0, 0.1) is 0 Å². The third-order valence-corrected chi connectivity index (χ3v) is 3.95. The summed E-state index contributed by atoms with van der Waals surface area (Å²) < 4.78 is 5.35. The number of nitrogens with zero attached hydrogens (tertiary/aromatic N) is 1. The van der Waals surface area contributed by atoms with Crippen molar-refractivity contribution in [2.24, 2.45) is 0 Å². The number of benzene rings is 2. The maximum absolute atomic E-state index is 12.2. The monoisotopic (exact) mass is 346 g/mol. The Morgan fingerprint density at radius 2 is 1.74 bits per heavy atom. The van der Waals surface area contributed by atoms with Gasteiger partial charge in [0.2, 0.25) is 5.89 Å². The molecule has 1 amide bonds. The molecule has 2 aromatic carbocycles. The summed E-state index contributed by atoms with van der Waals surface area (Å²) in [5.74, 6) is 0.0402. The number of hydrogen-bond donors (Lipinski definition) is 1. The number of rotatable bonds is 4. The first kappa shape index (κ1) is 15.6. The zero-order valence-electron chi connectivity index (χ0n) is 11.9. The Labute approximate surface area is 143 Å². The van der Waals surface area contributed by atoms with E-state index in [4.69, 9.17) is 27.6 Å². The molecule has 0 radical (unpaired) electrons. The molecular formula is C17H12Cl2N2O2. The summed E-state index contributed by atoms with van der Waals surface area (Å²) >= 11 is 12.1. The van der Waals surface area contributed by atoms with Crippen LogP contribution in [0.4, 0.5) is 0 Å². The van der Waals surface area contributed by atoms with Crippen LogP contribution in [0.2, 0.25) is 10.0 Å². The van der Waals surface area contributed by atoms with Gasteiger partial charge in [-0.3, -0.25) is 4.79 Å². The van der Waals surface area contributed by atoms with Gasteiger partial charge in [-0.2, -0.15) is 0 Å². The summed E-state index contributed by atoms with van der Waals surface area (Å²) in [4.78, 5) is 16.4. The van der Waals surface area contributed by atoms with Crippen molar-refractivity contribution in [2.75, 3.05) is 0 Å². The van der Waals surface area contributed by atoms with Crippen LogP contribution in [0.15, 0.2) is 59.2 Å². The van der Waals surface area contributed by atoms with Gasteiger partial charge in [0.15, 0.2) is 5.69 Å². The topological polar surface area (TPSA) is 55.1 Å². The van der Waals surface area contributed by atoms with Crippen molar-refractivity contribution >= 4 is 29.1 Å². The fourth-order valence-electron chi connectivity index (χ4n) is 2.05. The zero-order chi connectivity index (χ0) is 16.2. The van der Waals surface area contributed by atoms with Crippen molar-refractivity contribution < 1.29 is 9.21 Å². The first-order valence-corrected chi connectivity index (χ1v) is 7.63. The summed E-state index contributed by atoms with van der Waals surface area (Å²) in [6, 6.07) is 14.6. The standard InChI is InChI=1S/C17H12Cl2N2O2/c18-13-7-4-8-14(19)12(13)9-20-16(22)15-10-23-17(21-15)11-5-2-1-3-6-11/h1-8,10H,9H2,(H,20,22). The molecule has 0 fully saturated rings. The van der Waals surface area contributed by atoms with Gasteiger partial charge < -0.3 is 9.73 Å². The molecule has 3 rings (SSSR count). The van der Waals surface area contributed by atoms with Gasteiger partial charge in [0.1, 0.15) is 6.26 Å². The molecule has 0 aliphatic heterocycles. The molecule has 0 unspecified atom stereocenters. The predicted molar refractivity (Wildman–Crippen MR) is 89.6 cm³/mol. The van der Waals surface area contributed by atoms with Gasteiger partial charge in [-0.25, -0.2) is 4.98 Å². The molecule has 0 aliphatic carbocycles. The van der Waals surface area contributed by atoms with Crippen LogP contribution in [0.3, 0.4) is 0 Å². The van der Waals surface area contributed by atoms with E-state index in [1.807, 2.05) is 30.3 Å². The Morgan fingerprint density at radius 3 is 2.43 bits per heavy atom. The fraction of sp³-hybridized carbons (Fsp3) is 0.0588. The van der Waals surface area contributed by atoms with Crippen molar-refractivity contribution in [1.29, 1.82) is 0 Å². The molecule has 1 aromatic heterocycles. The Bertz CT molecular complexity index is 811. The molecule has 0 atom stereocenters. The van der Waals surface area contributed by atoms with E-state index in [-0.39, 0.29) is 18.1 Å². The lowest BCUT2D eigenvalue weighted by atomic mass is 10.2. The first-order valence-electron chi connectivity index (χ1n) is 6.87. The van der Waals surface area contributed by atoms with E-state index in [9.17, 15) is 4.79 Å². The molecule has 3 aromatic rings. The molecule has 0 saturated heterocycles. The number of aromatic nitrogens is 1. The summed E-state index contributed by atoms with van der Waals surface area (Å²) in [5.41, 5.74) is 1.67. The lowest BCUT2D eigenvalue weighted by Crippen LogP contribution is -2.23. The van der Waals surface area contributed by atoms with Gasteiger partial charge in [0.05, 0.1) is 0 Å². The lowest BCUT2D eigenvalue weighted by molar-refractivity contribution is 0.0946. The largest absolute Gasteiger partial charge is 0.444 e. The second-order valence-electron chi connectivity index (χ2n) is 4.79. The van der Waals surface area contributed by atoms with Gasteiger partial charge in [-0.1, -0.05) is 47.5 Å². The number of amides is 1. The molecule has 0 aliphatic rings. The minimum Gasteiger partial charge on any atom is -0.444 e. The third-order valence-electron chi connectivity index (χ3n) is 3.24. The van der Waals surface area contributed by atoms with Gasteiger partial charge in [0, 0.05) is 27.7 Å². The number of oxazole rings is 1. The number of halogens is 2. The minimum absolute atomic E-state index is 0.201. The van der Waals surface area contributed by atoms with Crippen LogP contribution in [0.5, 0.6) is 0 Å². The second-order valence-corrected chi connectivity index (χ2v) is 5.60. The van der Waals surface area contributed by atoms with E-state index in [2.05, 4.69) is 10.3 Å². The van der Waals surface area contributed by atoms with Crippen molar-refractivity contribution in [3.05, 3.63) is 76.1 Å². The molecule has 1 heterocycles. The van der Waals surface area contributed by atoms with E-state index in [1.54, 1.807) is 18.2 Å². The number of nitrogens with one attached hydrogen (secondary N) is 1. The molecule has 0 saturated carbocycles. The Balaban J connectivity index is 1.71. The van der Waals surface area contributed by atoms with Crippen LogP contribution in [-0.4, -0.2) is 10.9 Å². The highest BCUT2D eigenvalue weighted by atomic mass is 35.5. The van der Waals surface area contributed by atoms with Crippen molar-refractivity contribution in [3.8, 4) is 11.5 Å². The molecule has 0 spiro atoms. The van der Waals surface area contributed by atoms with Crippen LogP contribution >= 0.6 is 23.2 Å². The van der Waals surface area contributed by atoms with Crippen molar-refractivity contribution in [1.82, 2.24) is 10.3 Å². The van der Waals surface area contributed by atoms with Gasteiger partial charge in [-0.15, -0.1) is 0 Å². The van der Waals surface area contributed by atoms with E-state index in [0.29, 0.717) is 21.5 Å². The van der Waals surface area contributed by atoms with E-state index in [1.165, 1.54) is 6.26 Å². The highest BCUT2D eigenvalue weighted by molar-refractivity contribution is 6.36. The second kappa shape index (κ2) is 6.86. The fourth-order valence-corrected chi connectivity index (χ4v) is 2.58. The molecule has 116 valence electrons. The number of carbonyl (C=O) groups is 1. The van der Waals surface area contributed by atoms with Crippen molar-refractivity contribution in [3.63, 3.8) is 0 Å². The molecular weight excluding hydrogens is 335 g/mol. The molecule has 1 N–H and O–H groups in total. The number of carbonyl (C=O) groups excluding carboxylic acids is 1. The molecule has 4 nitrogen and oxygen atoms in total. The van der Waals surface area contributed by atoms with Crippen molar-refractivity contribution in [2.45, 2.75) is 6.54 Å². The van der Waals surface area contributed by atoms with E-state index in [0.717, 1.165) is 5.56 Å².